The third kappa shape index (κ3) is 9.77. The van der Waals surface area contributed by atoms with E-state index in [1.165, 1.54) is 0 Å². The lowest BCUT2D eigenvalue weighted by molar-refractivity contribution is -0.123. The van der Waals surface area contributed by atoms with E-state index < -0.39 is 0 Å². The first-order valence-corrected chi connectivity index (χ1v) is 5.88. The number of hydrogen-bond acceptors (Lipinski definition) is 4. The van der Waals surface area contributed by atoms with E-state index in [1.807, 2.05) is 0 Å². The monoisotopic (exact) mass is 246 g/mol. The van der Waals surface area contributed by atoms with E-state index in [1.54, 1.807) is 6.92 Å². The van der Waals surface area contributed by atoms with Crippen LogP contribution in [0.5, 0.6) is 0 Å². The Balaban J connectivity index is 3.60. The molecule has 0 spiro atoms. The fraction of sp³-hybridized carbons (Fsp3) is 0.818. The third-order valence-electron chi connectivity index (χ3n) is 2.14. The summed E-state index contributed by atoms with van der Waals surface area (Å²) in [6.45, 7) is 2.17. The SMILES string of the molecule is CC(CNC(=O)CCCO)NC(=O)CCCO. The van der Waals surface area contributed by atoms with Crippen LogP contribution in [0.2, 0.25) is 0 Å². The van der Waals surface area contributed by atoms with Gasteiger partial charge in [0.05, 0.1) is 0 Å². The summed E-state index contributed by atoms with van der Waals surface area (Å²) in [6, 6.07) is -0.140. The van der Waals surface area contributed by atoms with Gasteiger partial charge in [-0.3, -0.25) is 9.59 Å². The van der Waals surface area contributed by atoms with Crippen LogP contribution in [0.25, 0.3) is 0 Å². The molecule has 0 rings (SSSR count). The van der Waals surface area contributed by atoms with Gasteiger partial charge in [0.15, 0.2) is 0 Å². The fourth-order valence-corrected chi connectivity index (χ4v) is 1.23. The van der Waals surface area contributed by atoms with E-state index in [0.717, 1.165) is 0 Å². The molecule has 0 saturated carbocycles. The van der Waals surface area contributed by atoms with Gasteiger partial charge in [0, 0.05) is 38.6 Å². The maximum atomic E-state index is 11.3. The molecule has 0 aromatic rings. The summed E-state index contributed by atoms with van der Waals surface area (Å²) < 4.78 is 0. The van der Waals surface area contributed by atoms with Crippen molar-refractivity contribution in [3.8, 4) is 0 Å². The van der Waals surface area contributed by atoms with Crippen molar-refractivity contribution >= 4 is 11.8 Å². The maximum absolute atomic E-state index is 11.3. The third-order valence-corrected chi connectivity index (χ3v) is 2.14. The van der Waals surface area contributed by atoms with Crippen molar-refractivity contribution in [3.05, 3.63) is 0 Å². The highest BCUT2D eigenvalue weighted by Crippen LogP contribution is 1.90. The minimum atomic E-state index is -0.140. The number of nitrogens with one attached hydrogen (secondary N) is 2. The lowest BCUT2D eigenvalue weighted by atomic mass is 10.2. The van der Waals surface area contributed by atoms with E-state index in [0.29, 0.717) is 32.2 Å². The van der Waals surface area contributed by atoms with Crippen molar-refractivity contribution in [1.82, 2.24) is 10.6 Å². The highest BCUT2D eigenvalue weighted by Gasteiger charge is 2.08. The molecule has 0 radical (unpaired) electrons. The van der Waals surface area contributed by atoms with E-state index in [9.17, 15) is 9.59 Å². The molecule has 0 saturated heterocycles. The van der Waals surface area contributed by atoms with Gasteiger partial charge in [-0.2, -0.15) is 0 Å². The molecule has 0 bridgehead atoms. The summed E-state index contributed by atoms with van der Waals surface area (Å²) in [7, 11) is 0. The Morgan fingerprint density at radius 1 is 1.06 bits per heavy atom. The number of amides is 2. The minimum absolute atomic E-state index is 0.000301. The molecule has 0 aliphatic rings. The first kappa shape index (κ1) is 15.9. The van der Waals surface area contributed by atoms with Crippen molar-refractivity contribution in [2.24, 2.45) is 0 Å². The summed E-state index contributed by atoms with van der Waals surface area (Å²) in [4.78, 5) is 22.5. The molecule has 6 nitrogen and oxygen atoms in total. The molecule has 100 valence electrons. The molecule has 0 aliphatic carbocycles. The summed E-state index contributed by atoms with van der Waals surface area (Å²) in [5, 5.41) is 22.5. The number of hydrogen-bond donors (Lipinski definition) is 4. The van der Waals surface area contributed by atoms with E-state index in [4.69, 9.17) is 10.2 Å². The van der Waals surface area contributed by atoms with E-state index >= 15 is 0 Å². The molecule has 0 aromatic carbocycles. The molecule has 0 aliphatic heterocycles. The molecule has 1 atom stereocenters. The van der Waals surface area contributed by atoms with Crippen LogP contribution in [-0.4, -0.2) is 47.8 Å². The Morgan fingerprint density at radius 3 is 2.12 bits per heavy atom. The molecule has 0 aromatic heterocycles. The van der Waals surface area contributed by atoms with Crippen LogP contribution in [0.3, 0.4) is 0 Å². The number of carbonyl (C=O) groups is 2. The van der Waals surface area contributed by atoms with Crippen molar-refractivity contribution < 1.29 is 19.8 Å². The predicted octanol–water partition coefficient (Wildman–Crippen LogP) is -0.848. The number of rotatable bonds is 9. The second-order valence-electron chi connectivity index (χ2n) is 3.93. The second-order valence-corrected chi connectivity index (χ2v) is 3.93. The molecular formula is C11H22N2O4. The zero-order valence-electron chi connectivity index (χ0n) is 10.2. The van der Waals surface area contributed by atoms with Crippen molar-refractivity contribution in [2.45, 2.75) is 38.6 Å². The zero-order valence-corrected chi connectivity index (χ0v) is 10.2. The van der Waals surface area contributed by atoms with Gasteiger partial charge in [-0.1, -0.05) is 0 Å². The lowest BCUT2D eigenvalue weighted by Gasteiger charge is -2.14. The first-order valence-electron chi connectivity index (χ1n) is 5.88. The number of aliphatic hydroxyl groups is 2. The van der Waals surface area contributed by atoms with Gasteiger partial charge in [-0.05, 0) is 19.8 Å². The summed E-state index contributed by atoms with van der Waals surface area (Å²) in [5.74, 6) is -0.258. The molecule has 2 amide bonds. The van der Waals surface area contributed by atoms with Crippen molar-refractivity contribution in [2.75, 3.05) is 19.8 Å². The van der Waals surface area contributed by atoms with Crippen LogP contribution in [0.15, 0.2) is 0 Å². The molecule has 0 fully saturated rings. The normalized spacial score (nSPS) is 11.9. The van der Waals surface area contributed by atoms with Crippen LogP contribution in [0.1, 0.15) is 32.6 Å². The van der Waals surface area contributed by atoms with Crippen molar-refractivity contribution in [1.29, 1.82) is 0 Å². The molecule has 6 heteroatoms. The highest BCUT2D eigenvalue weighted by molar-refractivity contribution is 5.77. The van der Waals surface area contributed by atoms with Gasteiger partial charge < -0.3 is 20.8 Å². The van der Waals surface area contributed by atoms with Gasteiger partial charge >= 0.3 is 0 Å². The standard InChI is InChI=1S/C11H22N2O4/c1-9(13-11(17)5-3-7-15)8-12-10(16)4-2-6-14/h9,14-15H,2-8H2,1H3,(H,12,16)(H,13,17). The summed E-state index contributed by atoms with van der Waals surface area (Å²) >= 11 is 0. The molecule has 4 N–H and O–H groups in total. The molecule has 1 unspecified atom stereocenters. The quantitative estimate of drug-likeness (QED) is 0.426. The molecular weight excluding hydrogens is 224 g/mol. The first-order chi connectivity index (χ1) is 8.10. The van der Waals surface area contributed by atoms with Gasteiger partial charge in [-0.25, -0.2) is 0 Å². The minimum Gasteiger partial charge on any atom is -0.396 e. The Bertz CT molecular complexity index is 234. The Hall–Kier alpha value is -1.14. The number of carbonyl (C=O) groups excluding carboxylic acids is 2. The van der Waals surface area contributed by atoms with Gasteiger partial charge in [0.25, 0.3) is 0 Å². The predicted molar refractivity (Wildman–Crippen MR) is 63.3 cm³/mol. The van der Waals surface area contributed by atoms with Gasteiger partial charge in [0.2, 0.25) is 11.8 Å². The largest absolute Gasteiger partial charge is 0.396 e. The Kier molecular flexibility index (Phi) is 9.37. The van der Waals surface area contributed by atoms with Gasteiger partial charge in [0.1, 0.15) is 0 Å². The maximum Gasteiger partial charge on any atom is 0.220 e. The van der Waals surface area contributed by atoms with Crippen LogP contribution in [-0.2, 0) is 9.59 Å². The molecule has 17 heavy (non-hydrogen) atoms. The van der Waals surface area contributed by atoms with Crippen molar-refractivity contribution in [3.63, 3.8) is 0 Å². The molecule has 0 heterocycles. The average Bonchev–Trinajstić information content (AvgIpc) is 2.31. The zero-order chi connectivity index (χ0) is 13.1. The lowest BCUT2D eigenvalue weighted by Crippen LogP contribution is -2.41. The average molecular weight is 246 g/mol. The van der Waals surface area contributed by atoms with Crippen LogP contribution in [0.4, 0.5) is 0 Å². The smallest absolute Gasteiger partial charge is 0.220 e. The fourth-order valence-electron chi connectivity index (χ4n) is 1.23. The Labute approximate surface area is 101 Å². The summed E-state index contributed by atoms with van der Waals surface area (Å²) in [6.07, 6.45) is 1.48. The number of aliphatic hydroxyl groups excluding tert-OH is 2. The van der Waals surface area contributed by atoms with E-state index in [2.05, 4.69) is 10.6 Å². The van der Waals surface area contributed by atoms with Crippen LogP contribution >= 0.6 is 0 Å². The highest BCUT2D eigenvalue weighted by atomic mass is 16.3. The topological polar surface area (TPSA) is 98.7 Å². The van der Waals surface area contributed by atoms with E-state index in [-0.39, 0.29) is 31.1 Å². The summed E-state index contributed by atoms with van der Waals surface area (Å²) in [5.41, 5.74) is 0. The second kappa shape index (κ2) is 10.0. The Morgan fingerprint density at radius 2 is 1.59 bits per heavy atom. The van der Waals surface area contributed by atoms with Gasteiger partial charge in [-0.15, -0.1) is 0 Å². The van der Waals surface area contributed by atoms with Crippen LogP contribution < -0.4 is 10.6 Å². The van der Waals surface area contributed by atoms with Crippen LogP contribution in [0, 0.1) is 0 Å².